The third kappa shape index (κ3) is 4.39. The number of carbonyl (C=O) groups is 1. The molecule has 1 aromatic heterocycles. The van der Waals surface area contributed by atoms with E-state index in [0.29, 0.717) is 18.2 Å². The van der Waals surface area contributed by atoms with Gasteiger partial charge in [0.2, 0.25) is 0 Å². The van der Waals surface area contributed by atoms with Crippen LogP contribution in [0.25, 0.3) is 0 Å². The van der Waals surface area contributed by atoms with Gasteiger partial charge in [-0.1, -0.05) is 22.9 Å². The number of aryl methyl sites for hydroxylation is 1. The SMILES string of the molecule is Cc1ccc(C(=O)NCCCC(C)CBr)o1. The van der Waals surface area contributed by atoms with Gasteiger partial charge in [-0.05, 0) is 37.8 Å². The molecule has 0 radical (unpaired) electrons. The molecule has 0 fully saturated rings. The van der Waals surface area contributed by atoms with Crippen molar-refractivity contribution in [1.82, 2.24) is 5.32 Å². The third-order valence-electron chi connectivity index (χ3n) is 2.39. The van der Waals surface area contributed by atoms with Gasteiger partial charge in [-0.2, -0.15) is 0 Å². The second-order valence-corrected chi connectivity index (χ2v) is 4.72. The molecular formula is C12H18BrNO2. The van der Waals surface area contributed by atoms with Crippen LogP contribution in [-0.2, 0) is 0 Å². The summed E-state index contributed by atoms with van der Waals surface area (Å²) >= 11 is 3.43. The Morgan fingerprint density at radius 2 is 2.31 bits per heavy atom. The number of hydrogen-bond donors (Lipinski definition) is 1. The molecule has 1 N–H and O–H groups in total. The van der Waals surface area contributed by atoms with Crippen LogP contribution in [0.5, 0.6) is 0 Å². The molecule has 0 aliphatic heterocycles. The molecule has 16 heavy (non-hydrogen) atoms. The van der Waals surface area contributed by atoms with Gasteiger partial charge in [0, 0.05) is 11.9 Å². The van der Waals surface area contributed by atoms with Crippen LogP contribution in [0.2, 0.25) is 0 Å². The smallest absolute Gasteiger partial charge is 0.286 e. The van der Waals surface area contributed by atoms with Crippen LogP contribution in [0.3, 0.4) is 0 Å². The highest BCUT2D eigenvalue weighted by molar-refractivity contribution is 9.09. The normalized spacial score (nSPS) is 12.4. The first-order valence-electron chi connectivity index (χ1n) is 5.54. The van der Waals surface area contributed by atoms with Crippen LogP contribution in [0, 0.1) is 12.8 Å². The van der Waals surface area contributed by atoms with Crippen molar-refractivity contribution in [2.75, 3.05) is 11.9 Å². The lowest BCUT2D eigenvalue weighted by atomic mass is 10.1. The predicted molar refractivity (Wildman–Crippen MR) is 68.0 cm³/mol. The highest BCUT2D eigenvalue weighted by atomic mass is 79.9. The Morgan fingerprint density at radius 1 is 1.56 bits per heavy atom. The Hall–Kier alpha value is -0.770. The second kappa shape index (κ2) is 6.74. The summed E-state index contributed by atoms with van der Waals surface area (Å²) in [5, 5.41) is 3.86. The van der Waals surface area contributed by atoms with E-state index in [1.807, 2.05) is 6.92 Å². The molecule has 1 aromatic rings. The Bertz CT molecular complexity index is 336. The molecular weight excluding hydrogens is 270 g/mol. The van der Waals surface area contributed by atoms with Gasteiger partial charge in [-0.25, -0.2) is 0 Å². The molecule has 1 unspecified atom stereocenters. The van der Waals surface area contributed by atoms with Crippen molar-refractivity contribution >= 4 is 21.8 Å². The fraction of sp³-hybridized carbons (Fsp3) is 0.583. The Labute approximate surface area is 105 Å². The summed E-state index contributed by atoms with van der Waals surface area (Å²) in [7, 11) is 0. The third-order valence-corrected chi connectivity index (χ3v) is 3.49. The fourth-order valence-electron chi connectivity index (χ4n) is 1.37. The average Bonchev–Trinajstić information content (AvgIpc) is 2.70. The van der Waals surface area contributed by atoms with E-state index in [0.717, 1.165) is 23.9 Å². The summed E-state index contributed by atoms with van der Waals surface area (Å²) < 4.78 is 5.23. The number of rotatable bonds is 6. The van der Waals surface area contributed by atoms with E-state index in [2.05, 4.69) is 28.2 Å². The predicted octanol–water partition coefficient (Wildman–Crippen LogP) is 3.13. The lowest BCUT2D eigenvalue weighted by Crippen LogP contribution is -2.24. The molecule has 0 aliphatic rings. The summed E-state index contributed by atoms with van der Waals surface area (Å²) in [6.07, 6.45) is 2.11. The van der Waals surface area contributed by atoms with E-state index in [4.69, 9.17) is 4.42 Å². The topological polar surface area (TPSA) is 42.2 Å². The summed E-state index contributed by atoms with van der Waals surface area (Å²) in [4.78, 5) is 11.6. The summed E-state index contributed by atoms with van der Waals surface area (Å²) in [5.74, 6) is 1.69. The van der Waals surface area contributed by atoms with Gasteiger partial charge in [-0.15, -0.1) is 0 Å². The van der Waals surface area contributed by atoms with E-state index in [9.17, 15) is 4.79 Å². The van der Waals surface area contributed by atoms with Gasteiger partial charge < -0.3 is 9.73 Å². The molecule has 0 bridgehead atoms. The number of furan rings is 1. The second-order valence-electron chi connectivity index (χ2n) is 4.07. The van der Waals surface area contributed by atoms with Crippen molar-refractivity contribution in [2.24, 2.45) is 5.92 Å². The summed E-state index contributed by atoms with van der Waals surface area (Å²) in [6, 6.07) is 3.49. The van der Waals surface area contributed by atoms with Crippen LogP contribution >= 0.6 is 15.9 Å². The van der Waals surface area contributed by atoms with E-state index in [-0.39, 0.29) is 5.91 Å². The maximum absolute atomic E-state index is 11.6. The van der Waals surface area contributed by atoms with Crippen molar-refractivity contribution in [1.29, 1.82) is 0 Å². The van der Waals surface area contributed by atoms with E-state index in [1.54, 1.807) is 12.1 Å². The van der Waals surface area contributed by atoms with Crippen LogP contribution in [0.4, 0.5) is 0 Å². The molecule has 0 aliphatic carbocycles. The fourth-order valence-corrected chi connectivity index (χ4v) is 1.70. The summed E-state index contributed by atoms with van der Waals surface area (Å²) in [6.45, 7) is 4.72. The molecule has 1 amide bonds. The molecule has 0 aromatic carbocycles. The number of alkyl halides is 1. The highest BCUT2D eigenvalue weighted by Crippen LogP contribution is 2.08. The number of hydrogen-bond acceptors (Lipinski definition) is 2. The first kappa shape index (κ1) is 13.3. The van der Waals surface area contributed by atoms with Crippen LogP contribution in [-0.4, -0.2) is 17.8 Å². The van der Waals surface area contributed by atoms with Gasteiger partial charge >= 0.3 is 0 Å². The largest absolute Gasteiger partial charge is 0.456 e. The summed E-state index contributed by atoms with van der Waals surface area (Å²) in [5.41, 5.74) is 0. The highest BCUT2D eigenvalue weighted by Gasteiger charge is 2.08. The van der Waals surface area contributed by atoms with Crippen molar-refractivity contribution < 1.29 is 9.21 Å². The zero-order valence-corrected chi connectivity index (χ0v) is 11.3. The van der Waals surface area contributed by atoms with Gasteiger partial charge in [0.25, 0.3) is 5.91 Å². The Balaban J connectivity index is 2.21. The lowest BCUT2D eigenvalue weighted by Gasteiger charge is -2.07. The van der Waals surface area contributed by atoms with Crippen molar-refractivity contribution in [3.8, 4) is 0 Å². The zero-order valence-electron chi connectivity index (χ0n) is 9.75. The standard InChI is InChI=1S/C12H18BrNO2/c1-9(8-13)4-3-7-14-12(15)11-6-5-10(2)16-11/h5-6,9H,3-4,7-8H2,1-2H3,(H,14,15). The van der Waals surface area contributed by atoms with Gasteiger partial charge in [0.1, 0.15) is 5.76 Å². The molecule has 1 heterocycles. The van der Waals surface area contributed by atoms with Crippen LogP contribution < -0.4 is 5.32 Å². The maximum Gasteiger partial charge on any atom is 0.286 e. The Kier molecular flexibility index (Phi) is 5.60. The number of amides is 1. The van der Waals surface area contributed by atoms with Crippen molar-refractivity contribution in [2.45, 2.75) is 26.7 Å². The van der Waals surface area contributed by atoms with Crippen LogP contribution in [0.15, 0.2) is 16.5 Å². The van der Waals surface area contributed by atoms with E-state index in [1.165, 1.54) is 0 Å². The minimum Gasteiger partial charge on any atom is -0.456 e. The van der Waals surface area contributed by atoms with Crippen LogP contribution in [0.1, 0.15) is 36.1 Å². The molecule has 0 saturated heterocycles. The van der Waals surface area contributed by atoms with E-state index < -0.39 is 0 Å². The number of carbonyl (C=O) groups excluding carboxylic acids is 1. The minimum atomic E-state index is -0.125. The monoisotopic (exact) mass is 287 g/mol. The number of halogens is 1. The van der Waals surface area contributed by atoms with Gasteiger partial charge in [0.05, 0.1) is 0 Å². The molecule has 1 rings (SSSR count). The zero-order chi connectivity index (χ0) is 12.0. The molecule has 0 spiro atoms. The molecule has 1 atom stereocenters. The van der Waals surface area contributed by atoms with Gasteiger partial charge in [0.15, 0.2) is 5.76 Å². The van der Waals surface area contributed by atoms with Crippen molar-refractivity contribution in [3.63, 3.8) is 0 Å². The quantitative estimate of drug-likeness (QED) is 0.645. The molecule has 4 heteroatoms. The van der Waals surface area contributed by atoms with E-state index >= 15 is 0 Å². The Morgan fingerprint density at radius 3 is 2.88 bits per heavy atom. The first-order chi connectivity index (χ1) is 7.63. The number of nitrogens with one attached hydrogen (secondary N) is 1. The molecule has 0 saturated carbocycles. The molecule has 3 nitrogen and oxygen atoms in total. The maximum atomic E-state index is 11.6. The first-order valence-corrected chi connectivity index (χ1v) is 6.66. The lowest BCUT2D eigenvalue weighted by molar-refractivity contribution is 0.0923. The molecule has 90 valence electrons. The van der Waals surface area contributed by atoms with Crippen molar-refractivity contribution in [3.05, 3.63) is 23.7 Å². The average molecular weight is 288 g/mol. The van der Waals surface area contributed by atoms with Gasteiger partial charge in [-0.3, -0.25) is 4.79 Å². The minimum absolute atomic E-state index is 0.125.